The molecule has 3 heterocycles. The second-order valence-corrected chi connectivity index (χ2v) is 7.40. The number of benzene rings is 2. The van der Waals surface area contributed by atoms with Crippen molar-refractivity contribution in [3.8, 4) is 5.75 Å². The molecule has 0 radical (unpaired) electrons. The third kappa shape index (κ3) is 3.65. The summed E-state index contributed by atoms with van der Waals surface area (Å²) in [6.07, 6.45) is 0. The molecule has 164 valence electrons. The van der Waals surface area contributed by atoms with E-state index >= 15 is 0 Å². The molecule has 1 amide bonds. The summed E-state index contributed by atoms with van der Waals surface area (Å²) in [6.45, 7) is 2.25. The number of carbonyl (C=O) groups excluding carboxylic acids is 1. The van der Waals surface area contributed by atoms with E-state index in [2.05, 4.69) is 15.3 Å². The molecular weight excluding hydrogens is 412 g/mol. The fourth-order valence-electron chi connectivity index (χ4n) is 3.78. The molecule has 1 saturated heterocycles. The summed E-state index contributed by atoms with van der Waals surface area (Å²) in [5, 5.41) is 7.27. The number of nitrogens with zero attached hydrogens (tertiary/aromatic N) is 5. The average Bonchev–Trinajstić information content (AvgIpc) is 3.15. The lowest BCUT2D eigenvalue weighted by Crippen LogP contribution is -2.37. The Kier molecular flexibility index (Phi) is 5.20. The van der Waals surface area contributed by atoms with Gasteiger partial charge in [0.15, 0.2) is 5.82 Å². The monoisotopic (exact) mass is 434 g/mol. The van der Waals surface area contributed by atoms with Crippen LogP contribution in [0.25, 0.3) is 16.7 Å². The van der Waals surface area contributed by atoms with E-state index in [1.54, 1.807) is 31.4 Å². The number of morpholine rings is 1. The Balaban J connectivity index is 1.52. The number of methoxy groups -OCH3 is 1. The lowest BCUT2D eigenvalue weighted by Gasteiger charge is -2.27. The molecule has 0 atom stereocenters. The van der Waals surface area contributed by atoms with E-state index in [1.165, 1.54) is 9.08 Å². The van der Waals surface area contributed by atoms with E-state index in [0.29, 0.717) is 60.2 Å². The van der Waals surface area contributed by atoms with Crippen LogP contribution < -0.4 is 20.6 Å². The predicted molar refractivity (Wildman–Crippen MR) is 119 cm³/mol. The molecule has 10 nitrogen and oxygen atoms in total. The van der Waals surface area contributed by atoms with E-state index in [9.17, 15) is 9.59 Å². The average molecular weight is 434 g/mol. The number of aromatic nitrogens is 4. The molecule has 0 saturated carbocycles. The van der Waals surface area contributed by atoms with Gasteiger partial charge < -0.3 is 19.7 Å². The minimum Gasteiger partial charge on any atom is -0.497 e. The van der Waals surface area contributed by atoms with Gasteiger partial charge in [-0.2, -0.15) is 0 Å². The zero-order chi connectivity index (χ0) is 22.1. The molecule has 0 spiro atoms. The summed E-state index contributed by atoms with van der Waals surface area (Å²) >= 11 is 0. The van der Waals surface area contributed by atoms with Crippen LogP contribution in [-0.4, -0.2) is 58.5 Å². The number of rotatable bonds is 5. The first-order valence-corrected chi connectivity index (χ1v) is 10.3. The number of fused-ring (bicyclic) bond motifs is 3. The predicted octanol–water partition coefficient (Wildman–Crippen LogP) is 1.53. The third-order valence-electron chi connectivity index (χ3n) is 5.37. The topological polar surface area (TPSA) is 103 Å². The van der Waals surface area contributed by atoms with E-state index in [-0.39, 0.29) is 12.5 Å². The van der Waals surface area contributed by atoms with E-state index in [1.807, 2.05) is 24.3 Å². The first-order valence-electron chi connectivity index (χ1n) is 10.3. The van der Waals surface area contributed by atoms with Crippen LogP contribution >= 0.6 is 0 Å². The molecule has 5 rings (SSSR count). The van der Waals surface area contributed by atoms with Crippen molar-refractivity contribution in [1.29, 1.82) is 0 Å². The van der Waals surface area contributed by atoms with Gasteiger partial charge in [0, 0.05) is 18.8 Å². The largest absolute Gasteiger partial charge is 0.497 e. The van der Waals surface area contributed by atoms with Crippen LogP contribution in [0.2, 0.25) is 0 Å². The van der Waals surface area contributed by atoms with Crippen molar-refractivity contribution in [2.24, 2.45) is 0 Å². The number of hydrogen-bond donors (Lipinski definition) is 1. The SMILES string of the molecule is COc1ccc(NC(=O)Cn2nc3c(N4CCOCC4)nc4ccccc4n3c2=O)cc1. The molecule has 0 aliphatic carbocycles. The fourth-order valence-corrected chi connectivity index (χ4v) is 3.78. The molecule has 0 unspecified atom stereocenters. The van der Waals surface area contributed by atoms with Crippen LogP contribution in [0.1, 0.15) is 0 Å². The fraction of sp³-hybridized carbons (Fsp3) is 0.273. The van der Waals surface area contributed by atoms with Crippen molar-refractivity contribution in [3.63, 3.8) is 0 Å². The summed E-state index contributed by atoms with van der Waals surface area (Å²) in [4.78, 5) is 32.7. The molecular formula is C22H22N6O4. The molecule has 0 bridgehead atoms. The molecule has 2 aromatic carbocycles. The van der Waals surface area contributed by atoms with Crippen LogP contribution in [0.3, 0.4) is 0 Å². The number of nitrogens with one attached hydrogen (secondary N) is 1. The smallest absolute Gasteiger partial charge is 0.351 e. The van der Waals surface area contributed by atoms with E-state index < -0.39 is 5.69 Å². The van der Waals surface area contributed by atoms with Crippen molar-refractivity contribution < 1.29 is 14.3 Å². The van der Waals surface area contributed by atoms with Crippen LogP contribution in [0, 0.1) is 0 Å². The van der Waals surface area contributed by atoms with Gasteiger partial charge in [-0.15, -0.1) is 5.10 Å². The quantitative estimate of drug-likeness (QED) is 0.508. The summed E-state index contributed by atoms with van der Waals surface area (Å²) in [5.41, 5.74) is 1.97. The van der Waals surface area contributed by atoms with E-state index in [0.717, 1.165) is 0 Å². The van der Waals surface area contributed by atoms with Gasteiger partial charge in [-0.1, -0.05) is 12.1 Å². The Morgan fingerprint density at radius 1 is 1.12 bits per heavy atom. The molecule has 4 aromatic rings. The normalized spacial score (nSPS) is 14.1. The number of anilines is 2. The number of hydrogen-bond acceptors (Lipinski definition) is 7. The number of carbonyl (C=O) groups is 1. The van der Waals surface area contributed by atoms with Crippen molar-refractivity contribution in [2.75, 3.05) is 43.6 Å². The van der Waals surface area contributed by atoms with Gasteiger partial charge in [0.1, 0.15) is 12.3 Å². The Bertz CT molecular complexity index is 1340. The minimum atomic E-state index is -0.391. The molecule has 1 N–H and O–H groups in total. The second kappa shape index (κ2) is 8.31. The van der Waals surface area contributed by atoms with E-state index in [4.69, 9.17) is 14.5 Å². The summed E-state index contributed by atoms with van der Waals surface area (Å²) < 4.78 is 13.3. The van der Waals surface area contributed by atoms with Gasteiger partial charge in [-0.25, -0.2) is 18.9 Å². The summed E-state index contributed by atoms with van der Waals surface area (Å²) in [7, 11) is 1.58. The molecule has 1 aliphatic rings. The third-order valence-corrected chi connectivity index (χ3v) is 5.37. The second-order valence-electron chi connectivity index (χ2n) is 7.40. The highest BCUT2D eigenvalue weighted by atomic mass is 16.5. The summed E-state index contributed by atoms with van der Waals surface area (Å²) in [5.74, 6) is 0.943. The van der Waals surface area contributed by atoms with Crippen molar-refractivity contribution in [2.45, 2.75) is 6.54 Å². The number of para-hydroxylation sites is 2. The van der Waals surface area contributed by atoms with Gasteiger partial charge in [0.2, 0.25) is 11.6 Å². The van der Waals surface area contributed by atoms with Crippen LogP contribution in [0.15, 0.2) is 53.3 Å². The van der Waals surface area contributed by atoms with Gasteiger partial charge >= 0.3 is 5.69 Å². The number of amides is 1. The highest BCUT2D eigenvalue weighted by Gasteiger charge is 2.22. The Morgan fingerprint density at radius 2 is 1.88 bits per heavy atom. The Morgan fingerprint density at radius 3 is 2.62 bits per heavy atom. The standard InChI is InChI=1S/C22H22N6O4/c1-31-16-8-6-15(7-9-16)23-19(29)14-27-22(30)28-18-5-3-2-4-17(18)24-20(21(28)25-27)26-10-12-32-13-11-26/h2-9H,10-14H2,1H3,(H,23,29). The maximum absolute atomic E-state index is 13.2. The Labute approximate surface area is 183 Å². The molecule has 32 heavy (non-hydrogen) atoms. The minimum absolute atomic E-state index is 0.219. The highest BCUT2D eigenvalue weighted by Crippen LogP contribution is 2.23. The Hall–Kier alpha value is -3.92. The first kappa shape index (κ1) is 20.0. The maximum Gasteiger partial charge on any atom is 0.351 e. The van der Waals surface area contributed by atoms with Crippen LogP contribution in [-0.2, 0) is 16.1 Å². The maximum atomic E-state index is 13.2. The number of ether oxygens (including phenoxy) is 2. The molecule has 1 fully saturated rings. The lowest BCUT2D eigenvalue weighted by atomic mass is 10.3. The zero-order valence-corrected chi connectivity index (χ0v) is 17.5. The van der Waals surface area contributed by atoms with Gasteiger partial charge in [-0.3, -0.25) is 4.79 Å². The van der Waals surface area contributed by atoms with Gasteiger partial charge in [-0.05, 0) is 36.4 Å². The molecule has 1 aliphatic heterocycles. The van der Waals surface area contributed by atoms with Crippen LogP contribution in [0.5, 0.6) is 5.75 Å². The highest BCUT2D eigenvalue weighted by molar-refractivity contribution is 5.90. The zero-order valence-electron chi connectivity index (χ0n) is 17.5. The van der Waals surface area contributed by atoms with Crippen molar-refractivity contribution in [3.05, 3.63) is 59.0 Å². The first-order chi connectivity index (χ1) is 15.6. The van der Waals surface area contributed by atoms with Gasteiger partial charge in [0.25, 0.3) is 0 Å². The molecule has 10 heteroatoms. The molecule has 2 aromatic heterocycles. The van der Waals surface area contributed by atoms with Crippen molar-refractivity contribution >= 4 is 34.1 Å². The van der Waals surface area contributed by atoms with Crippen molar-refractivity contribution in [1.82, 2.24) is 19.2 Å². The van der Waals surface area contributed by atoms with Crippen LogP contribution in [0.4, 0.5) is 11.5 Å². The summed E-state index contributed by atoms with van der Waals surface area (Å²) in [6, 6.07) is 14.4. The van der Waals surface area contributed by atoms with Gasteiger partial charge in [0.05, 0.1) is 31.4 Å². The lowest BCUT2D eigenvalue weighted by molar-refractivity contribution is -0.117.